The third-order valence-electron chi connectivity index (χ3n) is 3.12. The van der Waals surface area contributed by atoms with Crippen LogP contribution in [0.3, 0.4) is 0 Å². The molecule has 0 N–H and O–H groups in total. The molecule has 0 aromatic heterocycles. The van der Waals surface area contributed by atoms with Crippen molar-refractivity contribution in [2.24, 2.45) is 0 Å². The van der Waals surface area contributed by atoms with Crippen LogP contribution in [0.25, 0.3) is 6.08 Å². The molecule has 0 saturated carbocycles. The van der Waals surface area contributed by atoms with E-state index in [4.69, 9.17) is 0 Å². The Labute approximate surface area is 128 Å². The summed E-state index contributed by atoms with van der Waals surface area (Å²) in [4.78, 5) is 0. The SMILES string of the molecule is [C-]1=Cc2ccccc2CC1c1ccccc1.[Y]. The molecule has 1 heteroatoms. The van der Waals surface area contributed by atoms with E-state index in [0.717, 1.165) is 6.42 Å². The molecule has 0 fully saturated rings. The van der Waals surface area contributed by atoms with Gasteiger partial charge in [0, 0.05) is 32.7 Å². The fraction of sp³-hybridized carbons (Fsp3) is 0.125. The van der Waals surface area contributed by atoms with Gasteiger partial charge in [0.25, 0.3) is 0 Å². The molecule has 81 valence electrons. The largest absolute Gasteiger partial charge is 0.267 e. The minimum absolute atomic E-state index is 0. The molecule has 1 aliphatic carbocycles. The van der Waals surface area contributed by atoms with Gasteiger partial charge in [0.2, 0.25) is 0 Å². The number of benzene rings is 2. The zero-order valence-electron chi connectivity index (χ0n) is 9.64. The third kappa shape index (κ3) is 2.76. The Morgan fingerprint density at radius 2 is 1.59 bits per heavy atom. The van der Waals surface area contributed by atoms with E-state index in [2.05, 4.69) is 66.7 Å². The molecule has 17 heavy (non-hydrogen) atoms. The summed E-state index contributed by atoms with van der Waals surface area (Å²) in [7, 11) is 0. The Morgan fingerprint density at radius 3 is 2.41 bits per heavy atom. The van der Waals surface area contributed by atoms with E-state index in [1.54, 1.807) is 0 Å². The summed E-state index contributed by atoms with van der Waals surface area (Å²) in [5, 5.41) is 0. The summed E-state index contributed by atoms with van der Waals surface area (Å²) in [5.74, 6) is 0.413. The van der Waals surface area contributed by atoms with Crippen LogP contribution in [0.5, 0.6) is 0 Å². The summed E-state index contributed by atoms with van der Waals surface area (Å²) in [6.45, 7) is 0. The zero-order valence-corrected chi connectivity index (χ0v) is 12.5. The molecule has 1 radical (unpaired) electrons. The molecule has 0 bridgehead atoms. The molecule has 0 nitrogen and oxygen atoms in total. The predicted octanol–water partition coefficient (Wildman–Crippen LogP) is 3.84. The summed E-state index contributed by atoms with van der Waals surface area (Å²) in [6.07, 6.45) is 6.65. The van der Waals surface area contributed by atoms with Gasteiger partial charge in [0.1, 0.15) is 0 Å². The maximum Gasteiger partial charge on any atom is 0 e. The zero-order chi connectivity index (χ0) is 10.8. The number of allylic oxidation sites excluding steroid dienone is 1. The van der Waals surface area contributed by atoms with Crippen molar-refractivity contribution in [3.63, 3.8) is 0 Å². The molecule has 0 aliphatic heterocycles. The minimum atomic E-state index is 0. The molecule has 0 amide bonds. The van der Waals surface area contributed by atoms with Crippen LogP contribution in [0, 0.1) is 6.08 Å². The number of hydrogen-bond donors (Lipinski definition) is 0. The second-order valence-electron chi connectivity index (χ2n) is 4.18. The van der Waals surface area contributed by atoms with Gasteiger partial charge in [0.15, 0.2) is 0 Å². The van der Waals surface area contributed by atoms with Gasteiger partial charge in [-0.3, -0.25) is 6.08 Å². The molecule has 3 rings (SSSR count). The fourth-order valence-electron chi connectivity index (χ4n) is 2.23. The maximum atomic E-state index is 3.47. The fourth-order valence-corrected chi connectivity index (χ4v) is 2.23. The normalized spacial score (nSPS) is 17.1. The Morgan fingerprint density at radius 1 is 0.882 bits per heavy atom. The number of fused-ring (bicyclic) bond motifs is 1. The van der Waals surface area contributed by atoms with Gasteiger partial charge in [-0.15, -0.1) is 11.6 Å². The van der Waals surface area contributed by atoms with Crippen LogP contribution in [0.1, 0.15) is 22.6 Å². The van der Waals surface area contributed by atoms with Crippen LogP contribution in [0.4, 0.5) is 0 Å². The second-order valence-corrected chi connectivity index (χ2v) is 4.18. The molecular formula is C16H13Y-. The first-order chi connectivity index (χ1) is 7.93. The van der Waals surface area contributed by atoms with Crippen molar-refractivity contribution in [1.29, 1.82) is 0 Å². The van der Waals surface area contributed by atoms with E-state index in [9.17, 15) is 0 Å². The van der Waals surface area contributed by atoms with Gasteiger partial charge in [-0.2, -0.15) is 5.56 Å². The topological polar surface area (TPSA) is 0 Å². The van der Waals surface area contributed by atoms with Gasteiger partial charge in [-0.05, 0) is 6.42 Å². The van der Waals surface area contributed by atoms with Crippen LogP contribution in [-0.4, -0.2) is 0 Å². The Bertz CT molecular complexity index is 514. The molecule has 0 saturated heterocycles. The minimum Gasteiger partial charge on any atom is -0.267 e. The molecule has 0 heterocycles. The first-order valence-electron chi connectivity index (χ1n) is 5.65. The van der Waals surface area contributed by atoms with Crippen molar-refractivity contribution >= 4 is 6.08 Å². The van der Waals surface area contributed by atoms with Crippen molar-refractivity contribution < 1.29 is 32.7 Å². The predicted molar refractivity (Wildman–Crippen MR) is 67.0 cm³/mol. The van der Waals surface area contributed by atoms with Gasteiger partial charge in [0.05, 0.1) is 0 Å². The van der Waals surface area contributed by atoms with Crippen molar-refractivity contribution in [2.45, 2.75) is 12.3 Å². The third-order valence-corrected chi connectivity index (χ3v) is 3.12. The summed E-state index contributed by atoms with van der Waals surface area (Å²) < 4.78 is 0. The quantitative estimate of drug-likeness (QED) is 0.701. The molecular weight excluding hydrogens is 281 g/mol. The van der Waals surface area contributed by atoms with E-state index in [-0.39, 0.29) is 32.7 Å². The Kier molecular flexibility index (Phi) is 4.31. The first-order valence-corrected chi connectivity index (χ1v) is 5.65. The standard InChI is InChI=1S/C16H13.Y/c1-2-6-13(7-3-1)16-11-10-14-8-4-5-9-15(14)12-16;/h1-10,16H,12H2;/q-1;. The van der Waals surface area contributed by atoms with E-state index in [1.165, 1.54) is 16.7 Å². The van der Waals surface area contributed by atoms with E-state index < -0.39 is 0 Å². The van der Waals surface area contributed by atoms with Gasteiger partial charge >= 0.3 is 0 Å². The number of hydrogen-bond acceptors (Lipinski definition) is 0. The first kappa shape index (κ1) is 12.7. The van der Waals surface area contributed by atoms with Crippen molar-refractivity contribution in [3.05, 3.63) is 77.4 Å². The second kappa shape index (κ2) is 5.75. The monoisotopic (exact) mass is 294 g/mol. The molecule has 2 aromatic carbocycles. The summed E-state index contributed by atoms with van der Waals surface area (Å²) in [6, 6.07) is 19.2. The Balaban J connectivity index is 0.00000108. The van der Waals surface area contributed by atoms with Gasteiger partial charge in [-0.1, -0.05) is 60.0 Å². The van der Waals surface area contributed by atoms with Crippen LogP contribution in [-0.2, 0) is 39.1 Å². The molecule has 1 unspecified atom stereocenters. The van der Waals surface area contributed by atoms with Gasteiger partial charge in [-0.25, -0.2) is 6.08 Å². The van der Waals surface area contributed by atoms with E-state index in [1.807, 2.05) is 0 Å². The maximum absolute atomic E-state index is 3.47. The van der Waals surface area contributed by atoms with Gasteiger partial charge < -0.3 is 0 Å². The van der Waals surface area contributed by atoms with Crippen molar-refractivity contribution in [1.82, 2.24) is 0 Å². The smallest absolute Gasteiger partial charge is 0 e. The molecule has 1 aliphatic rings. The average Bonchev–Trinajstić information content (AvgIpc) is 2.39. The average molecular weight is 294 g/mol. The molecule has 1 atom stereocenters. The van der Waals surface area contributed by atoms with E-state index >= 15 is 0 Å². The summed E-state index contributed by atoms with van der Waals surface area (Å²) in [5.41, 5.74) is 4.10. The van der Waals surface area contributed by atoms with Crippen LogP contribution >= 0.6 is 0 Å². The van der Waals surface area contributed by atoms with Crippen LogP contribution < -0.4 is 0 Å². The van der Waals surface area contributed by atoms with Crippen LogP contribution in [0.15, 0.2) is 54.6 Å². The molecule has 2 aromatic rings. The van der Waals surface area contributed by atoms with E-state index in [0.29, 0.717) is 5.92 Å². The summed E-state index contributed by atoms with van der Waals surface area (Å²) >= 11 is 0. The van der Waals surface area contributed by atoms with Crippen molar-refractivity contribution in [2.75, 3.05) is 0 Å². The van der Waals surface area contributed by atoms with Crippen LogP contribution in [0.2, 0.25) is 0 Å². The molecule has 0 spiro atoms. The number of rotatable bonds is 1. The van der Waals surface area contributed by atoms with Crippen molar-refractivity contribution in [3.8, 4) is 0 Å². The Hall–Kier alpha value is -0.716.